The maximum Gasteiger partial charge on any atom is 0.251 e. The molecule has 5 nitrogen and oxygen atoms in total. The highest BCUT2D eigenvalue weighted by Gasteiger charge is 2.59. The summed E-state index contributed by atoms with van der Waals surface area (Å²) in [4.78, 5) is 12.5. The summed E-state index contributed by atoms with van der Waals surface area (Å²) in [5.41, 5.74) is 2.64. The van der Waals surface area contributed by atoms with Crippen molar-refractivity contribution in [1.82, 2.24) is 5.32 Å². The molecular formula is C19H22N2O3S. The number of carbonyl (C=O) groups excluding carboxylic acids is 1. The van der Waals surface area contributed by atoms with Gasteiger partial charge in [0.25, 0.3) is 5.91 Å². The van der Waals surface area contributed by atoms with Crippen LogP contribution < -0.4 is 10.5 Å². The quantitative estimate of drug-likeness (QED) is 0.880. The zero-order chi connectivity index (χ0) is 18.4. The lowest BCUT2D eigenvalue weighted by Crippen LogP contribution is -2.28. The SMILES string of the molecule is Cc1ccc(C(=O)N[C@H]2[C@H](c3ccc(S(N)(=O)=O)cc3)C2(C)C)cc1. The predicted molar refractivity (Wildman–Crippen MR) is 96.8 cm³/mol. The van der Waals surface area contributed by atoms with E-state index in [1.165, 1.54) is 12.1 Å². The molecule has 1 fully saturated rings. The molecule has 0 radical (unpaired) electrons. The van der Waals surface area contributed by atoms with Crippen molar-refractivity contribution in [1.29, 1.82) is 0 Å². The van der Waals surface area contributed by atoms with E-state index in [0.717, 1.165) is 11.1 Å². The second kappa shape index (κ2) is 5.97. The summed E-state index contributed by atoms with van der Waals surface area (Å²) >= 11 is 0. The van der Waals surface area contributed by atoms with E-state index < -0.39 is 10.0 Å². The Labute approximate surface area is 148 Å². The minimum Gasteiger partial charge on any atom is -0.348 e. The molecule has 6 heteroatoms. The van der Waals surface area contributed by atoms with Crippen LogP contribution in [0.3, 0.4) is 0 Å². The van der Waals surface area contributed by atoms with Gasteiger partial charge in [-0.3, -0.25) is 4.79 Å². The van der Waals surface area contributed by atoms with Crippen LogP contribution in [0.25, 0.3) is 0 Å². The van der Waals surface area contributed by atoms with Crippen molar-refractivity contribution in [3.8, 4) is 0 Å². The van der Waals surface area contributed by atoms with E-state index in [4.69, 9.17) is 5.14 Å². The molecular weight excluding hydrogens is 336 g/mol. The number of aryl methyl sites for hydroxylation is 1. The molecule has 0 aliphatic heterocycles. The van der Waals surface area contributed by atoms with Crippen LogP contribution in [0.4, 0.5) is 0 Å². The Kier molecular flexibility index (Phi) is 4.21. The van der Waals surface area contributed by atoms with Gasteiger partial charge in [-0.05, 0) is 42.2 Å². The molecule has 2 atom stereocenters. The Morgan fingerprint density at radius 3 is 2.12 bits per heavy atom. The Morgan fingerprint density at radius 2 is 1.60 bits per heavy atom. The van der Waals surface area contributed by atoms with E-state index in [1.807, 2.05) is 31.2 Å². The van der Waals surface area contributed by atoms with Gasteiger partial charge in [0.15, 0.2) is 0 Å². The maximum absolute atomic E-state index is 12.4. The molecule has 1 saturated carbocycles. The van der Waals surface area contributed by atoms with Crippen molar-refractivity contribution in [3.63, 3.8) is 0 Å². The van der Waals surface area contributed by atoms with E-state index >= 15 is 0 Å². The van der Waals surface area contributed by atoms with Crippen molar-refractivity contribution in [2.45, 2.75) is 37.6 Å². The van der Waals surface area contributed by atoms with Crippen LogP contribution in [0.15, 0.2) is 53.4 Å². The molecule has 132 valence electrons. The number of primary sulfonamides is 1. The largest absolute Gasteiger partial charge is 0.348 e. The Morgan fingerprint density at radius 1 is 1.04 bits per heavy atom. The first-order valence-electron chi connectivity index (χ1n) is 8.11. The van der Waals surface area contributed by atoms with Crippen LogP contribution in [0.5, 0.6) is 0 Å². The smallest absolute Gasteiger partial charge is 0.251 e. The average Bonchev–Trinajstić information content (AvgIpc) is 3.07. The standard InChI is InChI=1S/C19H22N2O3S/c1-12-4-6-14(7-5-12)18(22)21-17-16(19(17,2)3)13-8-10-15(11-9-13)25(20,23)24/h4-11,16-17H,1-3H3,(H,21,22)(H2,20,23,24)/t16-,17-/m0/s1. The van der Waals surface area contributed by atoms with Gasteiger partial charge in [0.05, 0.1) is 4.90 Å². The molecule has 1 aliphatic carbocycles. The first kappa shape index (κ1) is 17.6. The van der Waals surface area contributed by atoms with E-state index in [2.05, 4.69) is 19.2 Å². The van der Waals surface area contributed by atoms with Gasteiger partial charge >= 0.3 is 0 Å². The number of nitrogens with two attached hydrogens (primary N) is 1. The minimum absolute atomic E-state index is 0.00152. The van der Waals surface area contributed by atoms with Crippen molar-refractivity contribution in [2.24, 2.45) is 10.6 Å². The number of sulfonamides is 1. The number of hydrogen-bond donors (Lipinski definition) is 2. The summed E-state index contributed by atoms with van der Waals surface area (Å²) in [6.07, 6.45) is 0. The first-order chi connectivity index (χ1) is 11.6. The van der Waals surface area contributed by atoms with Gasteiger partial charge in [-0.2, -0.15) is 0 Å². The van der Waals surface area contributed by atoms with Gasteiger partial charge in [-0.25, -0.2) is 13.6 Å². The summed E-state index contributed by atoms with van der Waals surface area (Å²) in [5, 5.41) is 8.23. The zero-order valence-corrected chi connectivity index (χ0v) is 15.3. The third kappa shape index (κ3) is 3.45. The number of carbonyl (C=O) groups is 1. The number of hydrogen-bond acceptors (Lipinski definition) is 3. The van der Waals surface area contributed by atoms with Gasteiger partial charge in [0, 0.05) is 17.5 Å². The predicted octanol–water partition coefficient (Wildman–Crippen LogP) is 2.56. The van der Waals surface area contributed by atoms with Crippen LogP contribution in [0.2, 0.25) is 0 Å². The normalized spacial score (nSPS) is 21.6. The Hall–Kier alpha value is -2.18. The molecule has 0 heterocycles. The highest BCUT2D eigenvalue weighted by atomic mass is 32.2. The number of amides is 1. The first-order valence-corrected chi connectivity index (χ1v) is 9.65. The van der Waals surface area contributed by atoms with Gasteiger partial charge in [-0.1, -0.05) is 43.7 Å². The van der Waals surface area contributed by atoms with Crippen LogP contribution in [-0.4, -0.2) is 20.4 Å². The highest BCUT2D eigenvalue weighted by Crippen LogP contribution is 2.58. The maximum atomic E-state index is 12.4. The van der Waals surface area contributed by atoms with E-state index in [0.29, 0.717) is 5.56 Å². The minimum atomic E-state index is -3.70. The lowest BCUT2D eigenvalue weighted by molar-refractivity contribution is 0.0946. The van der Waals surface area contributed by atoms with Crippen molar-refractivity contribution in [3.05, 3.63) is 65.2 Å². The topological polar surface area (TPSA) is 89.3 Å². The number of benzene rings is 2. The fourth-order valence-corrected chi connectivity index (χ4v) is 3.84. The monoisotopic (exact) mass is 358 g/mol. The molecule has 2 aromatic carbocycles. The summed E-state index contributed by atoms with van der Waals surface area (Å²) in [6, 6.07) is 14.0. The molecule has 0 spiro atoms. The molecule has 3 N–H and O–H groups in total. The van der Waals surface area contributed by atoms with E-state index in [-0.39, 0.29) is 28.2 Å². The summed E-state index contributed by atoms with van der Waals surface area (Å²) in [7, 11) is -3.70. The second-order valence-electron chi connectivity index (χ2n) is 7.23. The molecule has 0 bridgehead atoms. The van der Waals surface area contributed by atoms with Gasteiger partial charge in [0.2, 0.25) is 10.0 Å². The Bertz CT molecular complexity index is 901. The van der Waals surface area contributed by atoms with Gasteiger partial charge in [0.1, 0.15) is 0 Å². The molecule has 0 saturated heterocycles. The van der Waals surface area contributed by atoms with Crippen LogP contribution in [0, 0.1) is 12.3 Å². The third-order valence-corrected chi connectivity index (χ3v) is 5.92. The number of nitrogens with one attached hydrogen (secondary N) is 1. The summed E-state index contributed by atoms with van der Waals surface area (Å²) in [6.45, 7) is 6.16. The average molecular weight is 358 g/mol. The van der Waals surface area contributed by atoms with E-state index in [1.54, 1.807) is 12.1 Å². The molecule has 25 heavy (non-hydrogen) atoms. The lowest BCUT2D eigenvalue weighted by atomic mass is 10.0. The fraction of sp³-hybridized carbons (Fsp3) is 0.316. The Balaban J connectivity index is 1.76. The lowest BCUT2D eigenvalue weighted by Gasteiger charge is -2.06. The fourth-order valence-electron chi connectivity index (χ4n) is 3.32. The molecule has 0 aromatic heterocycles. The van der Waals surface area contributed by atoms with Crippen LogP contribution in [0.1, 0.15) is 41.3 Å². The summed E-state index contributed by atoms with van der Waals surface area (Å²) in [5.74, 6) is 0.0400. The molecule has 1 amide bonds. The highest BCUT2D eigenvalue weighted by molar-refractivity contribution is 7.89. The van der Waals surface area contributed by atoms with Gasteiger partial charge in [-0.15, -0.1) is 0 Å². The third-order valence-electron chi connectivity index (χ3n) is 5.00. The van der Waals surface area contributed by atoms with Gasteiger partial charge < -0.3 is 5.32 Å². The number of rotatable bonds is 4. The molecule has 3 rings (SSSR count). The molecule has 0 unspecified atom stereocenters. The zero-order valence-electron chi connectivity index (χ0n) is 14.5. The van der Waals surface area contributed by atoms with Crippen molar-refractivity contribution < 1.29 is 13.2 Å². The second-order valence-corrected chi connectivity index (χ2v) is 8.79. The summed E-state index contributed by atoms with van der Waals surface area (Å²) < 4.78 is 22.7. The van der Waals surface area contributed by atoms with Crippen molar-refractivity contribution in [2.75, 3.05) is 0 Å². The molecule has 2 aromatic rings. The molecule has 1 aliphatic rings. The van der Waals surface area contributed by atoms with Crippen LogP contribution in [-0.2, 0) is 10.0 Å². The van der Waals surface area contributed by atoms with Crippen LogP contribution >= 0.6 is 0 Å². The van der Waals surface area contributed by atoms with Crippen molar-refractivity contribution >= 4 is 15.9 Å². The van der Waals surface area contributed by atoms with E-state index in [9.17, 15) is 13.2 Å².